The molecule has 1 aliphatic heterocycles. The van der Waals surface area contributed by atoms with E-state index >= 15 is 0 Å². The van der Waals surface area contributed by atoms with E-state index in [1.54, 1.807) is 73.7 Å². The summed E-state index contributed by atoms with van der Waals surface area (Å²) in [6, 6.07) is 16.8. The highest BCUT2D eigenvalue weighted by molar-refractivity contribution is 5.90. The minimum Gasteiger partial charge on any atom is -0.462 e. The number of cyclic esters (lactones) is 1. The molecule has 162 valence electrons. The summed E-state index contributed by atoms with van der Waals surface area (Å²) in [5, 5.41) is 10.5. The van der Waals surface area contributed by atoms with E-state index < -0.39 is 42.3 Å². The molecule has 31 heavy (non-hydrogen) atoms. The molecule has 0 saturated carbocycles. The highest BCUT2D eigenvalue weighted by atomic mass is 16.6. The SMILES string of the molecule is CC1CC(OC(=O)c2ccccc2)C=CC(OC(=O)c2ccccc2)C(O)CC(=O)O1. The maximum atomic E-state index is 12.4. The van der Waals surface area contributed by atoms with Crippen LogP contribution in [0.3, 0.4) is 0 Å². The van der Waals surface area contributed by atoms with E-state index in [-0.39, 0.29) is 12.8 Å². The molecule has 7 heteroatoms. The second kappa shape index (κ2) is 10.5. The first-order chi connectivity index (χ1) is 14.9. The monoisotopic (exact) mass is 424 g/mol. The number of rotatable bonds is 4. The van der Waals surface area contributed by atoms with Crippen molar-refractivity contribution in [2.45, 2.75) is 44.2 Å². The van der Waals surface area contributed by atoms with Gasteiger partial charge in [-0.2, -0.15) is 0 Å². The van der Waals surface area contributed by atoms with Crippen LogP contribution in [0.2, 0.25) is 0 Å². The number of hydrogen-bond donors (Lipinski definition) is 1. The summed E-state index contributed by atoms with van der Waals surface area (Å²) in [5.41, 5.74) is 0.688. The summed E-state index contributed by atoms with van der Waals surface area (Å²) in [6.07, 6.45) is -0.854. The maximum absolute atomic E-state index is 12.4. The Kier molecular flexibility index (Phi) is 7.56. The topological polar surface area (TPSA) is 99.1 Å². The number of hydrogen-bond acceptors (Lipinski definition) is 7. The summed E-state index contributed by atoms with van der Waals surface area (Å²) >= 11 is 0. The molecule has 0 aliphatic carbocycles. The first-order valence-electron chi connectivity index (χ1n) is 10.0. The Morgan fingerprint density at radius 1 is 0.903 bits per heavy atom. The van der Waals surface area contributed by atoms with Crippen molar-refractivity contribution in [2.75, 3.05) is 0 Å². The number of carbonyl (C=O) groups excluding carboxylic acids is 3. The maximum Gasteiger partial charge on any atom is 0.338 e. The van der Waals surface area contributed by atoms with Crippen LogP contribution in [0.4, 0.5) is 0 Å². The van der Waals surface area contributed by atoms with Gasteiger partial charge in [0.05, 0.1) is 17.5 Å². The van der Waals surface area contributed by atoms with Crippen LogP contribution in [0.25, 0.3) is 0 Å². The fraction of sp³-hybridized carbons (Fsp3) is 0.292. The highest BCUT2D eigenvalue weighted by Gasteiger charge is 2.28. The largest absolute Gasteiger partial charge is 0.462 e. The van der Waals surface area contributed by atoms with Gasteiger partial charge in [0, 0.05) is 6.42 Å². The number of carbonyl (C=O) groups is 3. The van der Waals surface area contributed by atoms with Gasteiger partial charge in [-0.05, 0) is 43.3 Å². The van der Waals surface area contributed by atoms with Crippen molar-refractivity contribution in [3.63, 3.8) is 0 Å². The van der Waals surface area contributed by atoms with Crippen molar-refractivity contribution >= 4 is 17.9 Å². The lowest BCUT2D eigenvalue weighted by atomic mass is 10.1. The Bertz CT molecular complexity index is 923. The Hall–Kier alpha value is -3.45. The van der Waals surface area contributed by atoms with Crippen LogP contribution >= 0.6 is 0 Å². The van der Waals surface area contributed by atoms with E-state index in [2.05, 4.69) is 0 Å². The van der Waals surface area contributed by atoms with Crippen molar-refractivity contribution in [2.24, 2.45) is 0 Å². The molecule has 1 aliphatic rings. The lowest BCUT2D eigenvalue weighted by Crippen LogP contribution is -2.35. The molecule has 0 bridgehead atoms. The average Bonchev–Trinajstić information content (AvgIpc) is 2.76. The van der Waals surface area contributed by atoms with Crippen LogP contribution in [0.1, 0.15) is 40.5 Å². The van der Waals surface area contributed by atoms with E-state index in [9.17, 15) is 19.5 Å². The minimum atomic E-state index is -1.31. The van der Waals surface area contributed by atoms with E-state index in [1.165, 1.54) is 6.08 Å². The second-order valence-corrected chi connectivity index (χ2v) is 7.24. The van der Waals surface area contributed by atoms with Gasteiger partial charge in [-0.25, -0.2) is 9.59 Å². The zero-order chi connectivity index (χ0) is 22.2. The summed E-state index contributed by atoms with van der Waals surface area (Å²) in [6.45, 7) is 1.68. The summed E-state index contributed by atoms with van der Waals surface area (Å²) in [5.74, 6) is -1.82. The predicted octanol–water partition coefficient (Wildman–Crippen LogP) is 3.08. The van der Waals surface area contributed by atoms with Gasteiger partial charge in [0.25, 0.3) is 0 Å². The van der Waals surface area contributed by atoms with Crippen molar-refractivity contribution < 1.29 is 33.7 Å². The van der Waals surface area contributed by atoms with Gasteiger partial charge in [-0.1, -0.05) is 36.4 Å². The second-order valence-electron chi connectivity index (χ2n) is 7.24. The first kappa shape index (κ1) is 22.2. The van der Waals surface area contributed by atoms with Crippen LogP contribution in [0.5, 0.6) is 0 Å². The molecule has 2 aromatic rings. The average molecular weight is 424 g/mol. The summed E-state index contributed by atoms with van der Waals surface area (Å²) < 4.78 is 16.2. The van der Waals surface area contributed by atoms with E-state index in [4.69, 9.17) is 14.2 Å². The number of ether oxygens (including phenoxy) is 3. The molecule has 4 atom stereocenters. The molecule has 0 spiro atoms. The van der Waals surface area contributed by atoms with Crippen molar-refractivity contribution in [3.05, 3.63) is 83.9 Å². The molecule has 0 radical (unpaired) electrons. The van der Waals surface area contributed by atoms with Crippen LogP contribution in [-0.4, -0.2) is 47.4 Å². The molecule has 0 fully saturated rings. The fourth-order valence-corrected chi connectivity index (χ4v) is 3.13. The Morgan fingerprint density at radius 2 is 1.45 bits per heavy atom. The quantitative estimate of drug-likeness (QED) is 0.457. The van der Waals surface area contributed by atoms with Crippen molar-refractivity contribution in [1.29, 1.82) is 0 Å². The number of esters is 3. The number of aliphatic hydroxyl groups excluding tert-OH is 1. The molecule has 4 unspecified atom stereocenters. The number of benzene rings is 2. The third-order valence-corrected chi connectivity index (χ3v) is 4.69. The molecular weight excluding hydrogens is 400 g/mol. The zero-order valence-corrected chi connectivity index (χ0v) is 17.0. The lowest BCUT2D eigenvalue weighted by molar-refractivity contribution is -0.153. The summed E-state index contributed by atoms with van der Waals surface area (Å²) in [4.78, 5) is 37.0. The molecule has 0 amide bonds. The molecule has 1 N–H and O–H groups in total. The fourth-order valence-electron chi connectivity index (χ4n) is 3.13. The molecule has 1 heterocycles. The third kappa shape index (κ3) is 6.52. The first-order valence-corrected chi connectivity index (χ1v) is 10.0. The van der Waals surface area contributed by atoms with E-state index in [0.717, 1.165) is 0 Å². The van der Waals surface area contributed by atoms with Crippen molar-refractivity contribution in [1.82, 2.24) is 0 Å². The smallest absolute Gasteiger partial charge is 0.338 e. The van der Waals surface area contributed by atoms with Gasteiger partial charge < -0.3 is 19.3 Å². The van der Waals surface area contributed by atoms with Crippen molar-refractivity contribution in [3.8, 4) is 0 Å². The van der Waals surface area contributed by atoms with Crippen LogP contribution < -0.4 is 0 Å². The van der Waals surface area contributed by atoms with E-state index in [1.807, 2.05) is 0 Å². The Balaban J connectivity index is 1.79. The molecule has 2 aromatic carbocycles. The summed E-state index contributed by atoms with van der Waals surface area (Å²) in [7, 11) is 0. The third-order valence-electron chi connectivity index (χ3n) is 4.69. The van der Waals surface area contributed by atoms with E-state index in [0.29, 0.717) is 11.1 Å². The lowest BCUT2D eigenvalue weighted by Gasteiger charge is -2.25. The highest BCUT2D eigenvalue weighted by Crippen LogP contribution is 2.18. The van der Waals surface area contributed by atoms with Gasteiger partial charge in [0.2, 0.25) is 0 Å². The van der Waals surface area contributed by atoms with Gasteiger partial charge in [-0.15, -0.1) is 0 Å². The Morgan fingerprint density at radius 3 is 2.03 bits per heavy atom. The van der Waals surface area contributed by atoms with Gasteiger partial charge in [0.15, 0.2) is 0 Å². The molecule has 0 aromatic heterocycles. The molecule has 7 nitrogen and oxygen atoms in total. The van der Waals surface area contributed by atoms with Gasteiger partial charge >= 0.3 is 17.9 Å². The standard InChI is InChI=1S/C24H24O7/c1-16-14-19(30-23(27)17-8-4-2-5-9-17)12-13-21(20(25)15-22(26)29-16)31-24(28)18-10-6-3-7-11-18/h2-13,16,19-21,25H,14-15H2,1H3. The molecular formula is C24H24O7. The zero-order valence-electron chi connectivity index (χ0n) is 17.0. The van der Waals surface area contributed by atoms with Crippen LogP contribution in [-0.2, 0) is 19.0 Å². The predicted molar refractivity (Wildman–Crippen MR) is 111 cm³/mol. The van der Waals surface area contributed by atoms with Crippen LogP contribution in [0, 0.1) is 0 Å². The normalized spacial score (nSPS) is 24.0. The number of aliphatic hydroxyl groups is 1. The Labute approximate surface area is 180 Å². The molecule has 0 saturated heterocycles. The molecule has 3 rings (SSSR count). The van der Waals surface area contributed by atoms with Gasteiger partial charge in [0.1, 0.15) is 24.4 Å². The van der Waals surface area contributed by atoms with Gasteiger partial charge in [-0.3, -0.25) is 4.79 Å². The minimum absolute atomic E-state index is 0.219. The van der Waals surface area contributed by atoms with Crippen LogP contribution in [0.15, 0.2) is 72.8 Å².